The minimum Gasteiger partial charge on any atom is -0.314 e. The Morgan fingerprint density at radius 3 is 2.22 bits per heavy atom. The number of rotatable bonds is 4. The van der Waals surface area contributed by atoms with Crippen LogP contribution in [0.5, 0.6) is 0 Å². The first-order valence-electron chi connectivity index (χ1n) is 7.29. The van der Waals surface area contributed by atoms with E-state index in [0.717, 1.165) is 29.5 Å². The first-order chi connectivity index (χ1) is 11.1. The summed E-state index contributed by atoms with van der Waals surface area (Å²) < 4.78 is 1.26. The van der Waals surface area contributed by atoms with Gasteiger partial charge in [0.2, 0.25) is 0 Å². The second kappa shape index (κ2) is 5.84. The highest BCUT2D eigenvalue weighted by Crippen LogP contribution is 2.29. The SMILES string of the molecule is CCN(CC)n1cc(N2C(=O)c3ccccc3C2=O)sn(N)[nH]1. The van der Waals surface area contributed by atoms with E-state index in [1.165, 1.54) is 4.18 Å². The Morgan fingerprint density at radius 1 is 1.13 bits per heavy atom. The molecule has 0 unspecified atom stereocenters. The molecular weight excluding hydrogens is 316 g/mol. The van der Waals surface area contributed by atoms with E-state index in [4.69, 9.17) is 5.84 Å². The number of nitrogens with one attached hydrogen (secondary N) is 1. The fraction of sp³-hybridized carbons (Fsp3) is 0.286. The largest absolute Gasteiger partial charge is 0.314 e. The third-order valence-electron chi connectivity index (χ3n) is 3.67. The van der Waals surface area contributed by atoms with Crippen molar-refractivity contribution in [2.75, 3.05) is 28.8 Å². The first-order valence-corrected chi connectivity index (χ1v) is 8.07. The van der Waals surface area contributed by atoms with Crippen molar-refractivity contribution in [2.24, 2.45) is 0 Å². The number of aromatic nitrogens is 3. The minimum atomic E-state index is -0.334. The Balaban J connectivity index is 2.07. The average molecular weight is 334 g/mol. The van der Waals surface area contributed by atoms with Gasteiger partial charge in [-0.3, -0.25) is 14.6 Å². The zero-order valence-corrected chi connectivity index (χ0v) is 13.7. The molecule has 23 heavy (non-hydrogen) atoms. The van der Waals surface area contributed by atoms with E-state index >= 15 is 0 Å². The summed E-state index contributed by atoms with van der Waals surface area (Å²) in [5, 5.41) is 5.35. The summed E-state index contributed by atoms with van der Waals surface area (Å²) in [5.74, 6) is 5.18. The highest BCUT2D eigenvalue weighted by atomic mass is 32.1. The molecule has 0 spiro atoms. The van der Waals surface area contributed by atoms with Gasteiger partial charge < -0.3 is 5.84 Å². The zero-order chi connectivity index (χ0) is 16.6. The van der Waals surface area contributed by atoms with Crippen molar-refractivity contribution in [3.63, 3.8) is 0 Å². The van der Waals surface area contributed by atoms with Crippen LogP contribution < -0.4 is 15.8 Å². The molecule has 3 N–H and O–H groups in total. The molecule has 1 aliphatic heterocycles. The standard InChI is InChI=1S/C14H18N6O2S/c1-3-17(4-2)18-9-12(23-20(15)16-18)19-13(21)10-7-5-6-8-11(10)14(19)22/h5-9,16H,3-4,15H2,1-2H3. The predicted molar refractivity (Wildman–Crippen MR) is 89.3 cm³/mol. The molecule has 2 amide bonds. The van der Waals surface area contributed by atoms with Gasteiger partial charge in [-0.1, -0.05) is 12.1 Å². The second-order valence-electron chi connectivity index (χ2n) is 4.96. The van der Waals surface area contributed by atoms with E-state index in [1.807, 2.05) is 18.9 Å². The molecule has 0 saturated heterocycles. The van der Waals surface area contributed by atoms with Crippen molar-refractivity contribution in [1.29, 1.82) is 0 Å². The van der Waals surface area contributed by atoms with Crippen LogP contribution in [-0.4, -0.2) is 39.1 Å². The summed E-state index contributed by atoms with van der Waals surface area (Å²) in [7, 11) is 0. The lowest BCUT2D eigenvalue weighted by molar-refractivity contribution is 0.0926. The third-order valence-corrected chi connectivity index (χ3v) is 4.43. The molecule has 3 rings (SSSR count). The Bertz CT molecular complexity index is 758. The van der Waals surface area contributed by atoms with Crippen LogP contribution in [0.1, 0.15) is 34.6 Å². The molecule has 2 aromatic rings. The Morgan fingerprint density at radius 2 is 1.70 bits per heavy atom. The third kappa shape index (κ3) is 2.48. The van der Waals surface area contributed by atoms with Gasteiger partial charge in [0, 0.05) is 24.6 Å². The molecule has 0 radical (unpaired) electrons. The van der Waals surface area contributed by atoms with E-state index in [2.05, 4.69) is 5.21 Å². The van der Waals surface area contributed by atoms with Crippen molar-refractivity contribution in [3.8, 4) is 0 Å². The smallest absolute Gasteiger partial charge is 0.266 e. The summed E-state index contributed by atoms with van der Waals surface area (Å²) in [6.07, 6.45) is 1.70. The van der Waals surface area contributed by atoms with Gasteiger partial charge in [0.05, 0.1) is 17.3 Å². The predicted octanol–water partition coefficient (Wildman–Crippen LogP) is 1.30. The Kier molecular flexibility index (Phi) is 3.87. The van der Waals surface area contributed by atoms with Crippen LogP contribution in [0.4, 0.5) is 5.00 Å². The summed E-state index contributed by atoms with van der Waals surface area (Å²) >= 11 is 1.08. The van der Waals surface area contributed by atoms with Crippen LogP contribution in [0.25, 0.3) is 0 Å². The lowest BCUT2D eigenvalue weighted by Gasteiger charge is -2.25. The van der Waals surface area contributed by atoms with Gasteiger partial charge in [-0.2, -0.15) is 10.0 Å². The number of fused-ring (bicyclic) bond motifs is 1. The monoisotopic (exact) mass is 334 g/mol. The Labute approximate surface area is 137 Å². The molecule has 1 aliphatic rings. The number of imide groups is 1. The molecule has 2 heterocycles. The van der Waals surface area contributed by atoms with Gasteiger partial charge in [0.1, 0.15) is 5.00 Å². The zero-order valence-electron chi connectivity index (χ0n) is 12.9. The molecule has 0 atom stereocenters. The van der Waals surface area contributed by atoms with Gasteiger partial charge >= 0.3 is 0 Å². The molecule has 1 aromatic heterocycles. The number of aromatic amines is 1. The van der Waals surface area contributed by atoms with Crippen molar-refractivity contribution in [3.05, 3.63) is 41.6 Å². The van der Waals surface area contributed by atoms with Crippen LogP contribution in [0.15, 0.2) is 30.5 Å². The molecule has 9 heteroatoms. The fourth-order valence-electron chi connectivity index (χ4n) is 2.54. The van der Waals surface area contributed by atoms with Gasteiger partial charge in [-0.25, -0.2) is 4.90 Å². The number of benzene rings is 1. The lowest BCUT2D eigenvalue weighted by Crippen LogP contribution is -2.39. The van der Waals surface area contributed by atoms with E-state index in [1.54, 1.807) is 35.3 Å². The van der Waals surface area contributed by atoms with Crippen LogP contribution in [0.2, 0.25) is 0 Å². The normalized spacial score (nSPS) is 13.4. The topological polar surface area (TPSA) is 92.3 Å². The molecule has 1 aromatic carbocycles. The fourth-order valence-corrected chi connectivity index (χ4v) is 3.26. The molecule has 0 bridgehead atoms. The van der Waals surface area contributed by atoms with Crippen LogP contribution in [-0.2, 0) is 0 Å². The summed E-state index contributed by atoms with van der Waals surface area (Å²) in [6, 6.07) is 6.80. The number of amides is 2. The Hall–Kier alpha value is -2.68. The van der Waals surface area contributed by atoms with Crippen molar-refractivity contribution < 1.29 is 9.59 Å². The number of carbonyl (C=O) groups is 2. The highest BCUT2D eigenvalue weighted by Gasteiger charge is 2.37. The lowest BCUT2D eigenvalue weighted by atomic mass is 10.1. The molecule has 0 saturated carbocycles. The number of hydrogen-bond acceptors (Lipinski definition) is 5. The maximum absolute atomic E-state index is 12.6. The number of H-pyrrole nitrogens is 1. The summed E-state index contributed by atoms with van der Waals surface area (Å²) in [6.45, 7) is 5.49. The first kappa shape index (κ1) is 15.2. The maximum atomic E-state index is 12.6. The van der Waals surface area contributed by atoms with E-state index in [0.29, 0.717) is 16.1 Å². The number of nitrogen functional groups attached to an aromatic ring is 1. The van der Waals surface area contributed by atoms with E-state index in [-0.39, 0.29) is 11.8 Å². The van der Waals surface area contributed by atoms with Gasteiger partial charge in [-0.15, -0.1) is 4.18 Å². The number of carbonyl (C=O) groups excluding carboxylic acids is 2. The van der Waals surface area contributed by atoms with E-state index in [9.17, 15) is 9.59 Å². The number of anilines is 1. The average Bonchev–Trinajstić information content (AvgIpc) is 2.80. The quantitative estimate of drug-likeness (QED) is 0.651. The summed E-state index contributed by atoms with van der Waals surface area (Å²) in [5.41, 5.74) is 0.825. The van der Waals surface area contributed by atoms with Gasteiger partial charge in [0.15, 0.2) is 0 Å². The molecule has 8 nitrogen and oxygen atoms in total. The van der Waals surface area contributed by atoms with Gasteiger partial charge in [-0.05, 0) is 26.0 Å². The van der Waals surface area contributed by atoms with E-state index < -0.39 is 0 Å². The minimum absolute atomic E-state index is 0.334. The van der Waals surface area contributed by atoms with Gasteiger partial charge in [0.25, 0.3) is 11.8 Å². The molecule has 0 fully saturated rings. The van der Waals surface area contributed by atoms with Crippen LogP contribution in [0, 0.1) is 0 Å². The summed E-state index contributed by atoms with van der Waals surface area (Å²) in [4.78, 5) is 28.0. The molecule has 0 aliphatic carbocycles. The number of nitrogens with zero attached hydrogens (tertiary/aromatic N) is 4. The maximum Gasteiger partial charge on any atom is 0.266 e. The molecular formula is C14H18N6O2S. The highest BCUT2D eigenvalue weighted by molar-refractivity contribution is 7.10. The van der Waals surface area contributed by atoms with Crippen molar-refractivity contribution >= 4 is 28.3 Å². The van der Waals surface area contributed by atoms with Crippen LogP contribution >= 0.6 is 11.5 Å². The van der Waals surface area contributed by atoms with Crippen molar-refractivity contribution in [2.45, 2.75) is 13.8 Å². The number of hydrogen-bond donors (Lipinski definition) is 2. The van der Waals surface area contributed by atoms with Crippen LogP contribution in [0.3, 0.4) is 0 Å². The number of nitrogens with two attached hydrogens (primary N) is 1. The second-order valence-corrected chi connectivity index (χ2v) is 5.95. The molecule has 122 valence electrons. The van der Waals surface area contributed by atoms with Crippen molar-refractivity contribution in [1.82, 2.24) is 14.2 Å².